The first kappa shape index (κ1) is 17.8. The second kappa shape index (κ2) is 7.49. The van der Waals surface area contributed by atoms with Crippen molar-refractivity contribution in [2.24, 2.45) is 0 Å². The lowest BCUT2D eigenvalue weighted by atomic mass is 10.2. The number of thiophene rings is 1. The monoisotopic (exact) mass is 374 g/mol. The highest BCUT2D eigenvalue weighted by atomic mass is 32.1. The number of oxazole rings is 1. The van der Waals surface area contributed by atoms with Crippen LogP contribution in [-0.4, -0.2) is 32.2 Å². The number of hydrogen-bond donors (Lipinski definition) is 1. The van der Waals surface area contributed by atoms with E-state index in [1.54, 1.807) is 19.1 Å². The van der Waals surface area contributed by atoms with Gasteiger partial charge in [-0.3, -0.25) is 4.79 Å². The third-order valence-corrected chi connectivity index (χ3v) is 4.52. The molecule has 3 aromatic rings. The van der Waals surface area contributed by atoms with Crippen LogP contribution in [0.2, 0.25) is 0 Å². The maximum absolute atomic E-state index is 12.6. The molecule has 1 amide bonds. The minimum Gasteiger partial charge on any atom is -0.493 e. The summed E-state index contributed by atoms with van der Waals surface area (Å²) in [6.45, 7) is 1.70. The van der Waals surface area contributed by atoms with Gasteiger partial charge < -0.3 is 23.9 Å². The Labute approximate surface area is 154 Å². The van der Waals surface area contributed by atoms with Crippen LogP contribution in [0.4, 0.5) is 5.69 Å². The zero-order valence-electron chi connectivity index (χ0n) is 14.8. The summed E-state index contributed by atoms with van der Waals surface area (Å²) in [7, 11) is 4.54. The third-order valence-electron chi connectivity index (χ3n) is 3.67. The number of aryl methyl sites for hydroxylation is 1. The third kappa shape index (κ3) is 3.36. The normalized spacial score (nSPS) is 10.5. The molecular formula is C18H18N2O5S. The summed E-state index contributed by atoms with van der Waals surface area (Å²) in [5.74, 6) is 1.82. The van der Waals surface area contributed by atoms with Gasteiger partial charge in [-0.2, -0.15) is 0 Å². The van der Waals surface area contributed by atoms with Crippen LogP contribution in [0.5, 0.6) is 17.2 Å². The number of anilines is 1. The molecule has 7 nitrogen and oxygen atoms in total. The highest BCUT2D eigenvalue weighted by molar-refractivity contribution is 7.13. The van der Waals surface area contributed by atoms with Gasteiger partial charge in [0.2, 0.25) is 11.6 Å². The first-order valence-corrected chi connectivity index (χ1v) is 8.58. The quantitative estimate of drug-likeness (QED) is 0.702. The Morgan fingerprint density at radius 1 is 1.15 bits per heavy atom. The van der Waals surface area contributed by atoms with Gasteiger partial charge in [-0.05, 0) is 18.4 Å². The number of ether oxygens (including phenoxy) is 3. The van der Waals surface area contributed by atoms with E-state index in [0.29, 0.717) is 34.6 Å². The number of amides is 1. The first-order chi connectivity index (χ1) is 12.6. The van der Waals surface area contributed by atoms with Gasteiger partial charge >= 0.3 is 0 Å². The number of nitrogens with zero attached hydrogens (tertiary/aromatic N) is 1. The summed E-state index contributed by atoms with van der Waals surface area (Å²) in [5, 5.41) is 4.71. The average Bonchev–Trinajstić information content (AvgIpc) is 3.30. The van der Waals surface area contributed by atoms with E-state index in [0.717, 1.165) is 4.88 Å². The van der Waals surface area contributed by atoms with Crippen LogP contribution in [0.25, 0.3) is 10.8 Å². The highest BCUT2D eigenvalue weighted by Crippen LogP contribution is 2.40. The Bertz CT molecular complexity index is 893. The van der Waals surface area contributed by atoms with Gasteiger partial charge in [-0.25, -0.2) is 4.98 Å². The highest BCUT2D eigenvalue weighted by Gasteiger charge is 2.20. The lowest BCUT2D eigenvalue weighted by Crippen LogP contribution is -2.14. The van der Waals surface area contributed by atoms with Gasteiger partial charge in [0.05, 0.1) is 26.2 Å². The summed E-state index contributed by atoms with van der Waals surface area (Å²) in [4.78, 5) is 17.8. The van der Waals surface area contributed by atoms with Crippen molar-refractivity contribution >= 4 is 22.9 Å². The molecule has 0 radical (unpaired) electrons. The molecule has 0 atom stereocenters. The number of benzene rings is 1. The number of hydrogen-bond acceptors (Lipinski definition) is 7. The zero-order valence-corrected chi connectivity index (χ0v) is 15.6. The molecular weight excluding hydrogens is 356 g/mol. The second-order valence-corrected chi connectivity index (χ2v) is 6.22. The van der Waals surface area contributed by atoms with Gasteiger partial charge in [0.25, 0.3) is 5.91 Å². The maximum Gasteiger partial charge on any atom is 0.277 e. The standard InChI is InChI=1S/C18H18N2O5S/c1-10-15(20-18(25-10)14-6-5-7-26-14)17(21)19-11-8-12(22-2)16(24-4)13(9-11)23-3/h5-9H,1-4H3,(H,19,21). The van der Waals surface area contributed by atoms with Gasteiger partial charge in [0, 0.05) is 17.8 Å². The minimum absolute atomic E-state index is 0.224. The van der Waals surface area contributed by atoms with Crippen LogP contribution in [-0.2, 0) is 0 Å². The van der Waals surface area contributed by atoms with Crippen LogP contribution >= 0.6 is 11.3 Å². The van der Waals surface area contributed by atoms with Crippen LogP contribution in [0.15, 0.2) is 34.1 Å². The molecule has 26 heavy (non-hydrogen) atoms. The number of rotatable bonds is 6. The number of carbonyl (C=O) groups excluding carboxylic acids is 1. The summed E-state index contributed by atoms with van der Waals surface area (Å²) in [5.41, 5.74) is 0.715. The predicted octanol–water partition coefficient (Wildman–Crippen LogP) is 3.99. The number of methoxy groups -OCH3 is 3. The fourth-order valence-electron chi connectivity index (χ4n) is 2.46. The molecule has 0 aliphatic rings. The molecule has 0 aliphatic carbocycles. The molecule has 0 spiro atoms. The number of aromatic nitrogens is 1. The Hall–Kier alpha value is -3.00. The molecule has 0 unspecified atom stereocenters. The Morgan fingerprint density at radius 3 is 2.38 bits per heavy atom. The molecule has 0 aliphatic heterocycles. The van der Waals surface area contributed by atoms with Crippen LogP contribution in [0, 0.1) is 6.92 Å². The van der Waals surface area contributed by atoms with Crippen molar-refractivity contribution in [2.75, 3.05) is 26.6 Å². The van der Waals surface area contributed by atoms with E-state index in [1.165, 1.54) is 32.7 Å². The van der Waals surface area contributed by atoms with Crippen LogP contribution < -0.4 is 19.5 Å². The van der Waals surface area contributed by atoms with E-state index in [9.17, 15) is 4.79 Å². The van der Waals surface area contributed by atoms with Gasteiger partial charge in [0.15, 0.2) is 17.2 Å². The molecule has 2 aromatic heterocycles. The minimum atomic E-state index is -0.386. The van der Waals surface area contributed by atoms with E-state index in [4.69, 9.17) is 18.6 Å². The molecule has 0 fully saturated rings. The number of nitrogens with one attached hydrogen (secondary N) is 1. The Balaban J connectivity index is 1.89. The van der Waals surface area contributed by atoms with E-state index in [-0.39, 0.29) is 11.6 Å². The fraction of sp³-hybridized carbons (Fsp3) is 0.222. The molecule has 0 saturated heterocycles. The lowest BCUT2D eigenvalue weighted by molar-refractivity contribution is 0.102. The van der Waals surface area contributed by atoms with E-state index in [1.807, 2.05) is 17.5 Å². The molecule has 0 saturated carbocycles. The van der Waals surface area contributed by atoms with E-state index in [2.05, 4.69) is 10.3 Å². The van der Waals surface area contributed by atoms with E-state index >= 15 is 0 Å². The smallest absolute Gasteiger partial charge is 0.277 e. The Morgan fingerprint density at radius 2 is 1.85 bits per heavy atom. The van der Waals surface area contributed by atoms with Gasteiger partial charge in [0.1, 0.15) is 5.76 Å². The largest absolute Gasteiger partial charge is 0.493 e. The van der Waals surface area contributed by atoms with Gasteiger partial charge in [-0.15, -0.1) is 11.3 Å². The number of carbonyl (C=O) groups is 1. The molecule has 1 aromatic carbocycles. The first-order valence-electron chi connectivity index (χ1n) is 7.70. The molecule has 0 bridgehead atoms. The summed E-state index contributed by atoms with van der Waals surface area (Å²) >= 11 is 1.49. The van der Waals surface area contributed by atoms with E-state index < -0.39 is 0 Å². The molecule has 2 heterocycles. The summed E-state index contributed by atoms with van der Waals surface area (Å²) in [6.07, 6.45) is 0. The zero-order chi connectivity index (χ0) is 18.7. The van der Waals surface area contributed by atoms with Crippen molar-refractivity contribution in [3.63, 3.8) is 0 Å². The second-order valence-electron chi connectivity index (χ2n) is 5.27. The summed E-state index contributed by atoms with van der Waals surface area (Å²) < 4.78 is 21.5. The average molecular weight is 374 g/mol. The van der Waals surface area contributed by atoms with Gasteiger partial charge in [-0.1, -0.05) is 6.07 Å². The molecule has 3 rings (SSSR count). The fourth-order valence-corrected chi connectivity index (χ4v) is 3.11. The van der Waals surface area contributed by atoms with Crippen molar-refractivity contribution in [3.8, 4) is 28.0 Å². The van der Waals surface area contributed by atoms with Crippen molar-refractivity contribution in [1.29, 1.82) is 0 Å². The SMILES string of the molecule is COc1cc(NC(=O)c2nc(-c3cccs3)oc2C)cc(OC)c1OC. The molecule has 1 N–H and O–H groups in total. The van der Waals surface area contributed by atoms with Crippen LogP contribution in [0.3, 0.4) is 0 Å². The maximum atomic E-state index is 12.6. The predicted molar refractivity (Wildman–Crippen MR) is 98.6 cm³/mol. The lowest BCUT2D eigenvalue weighted by Gasteiger charge is -2.14. The van der Waals surface area contributed by atoms with Crippen molar-refractivity contribution in [3.05, 3.63) is 41.1 Å². The topological polar surface area (TPSA) is 82.8 Å². The molecule has 8 heteroatoms. The van der Waals surface area contributed by atoms with Crippen molar-refractivity contribution < 1.29 is 23.4 Å². The Kier molecular flexibility index (Phi) is 5.13. The van der Waals surface area contributed by atoms with Crippen LogP contribution in [0.1, 0.15) is 16.2 Å². The summed E-state index contributed by atoms with van der Waals surface area (Å²) in [6, 6.07) is 7.08. The van der Waals surface area contributed by atoms with Crippen molar-refractivity contribution in [2.45, 2.75) is 6.92 Å². The molecule has 136 valence electrons. The van der Waals surface area contributed by atoms with Crippen molar-refractivity contribution in [1.82, 2.24) is 4.98 Å².